The molecule has 2 aliphatic rings. The van der Waals surface area contributed by atoms with E-state index in [2.05, 4.69) is 24.5 Å². The van der Waals surface area contributed by atoms with Crippen LogP contribution in [0.5, 0.6) is 0 Å². The van der Waals surface area contributed by atoms with Gasteiger partial charge in [0.2, 0.25) is 0 Å². The number of furan rings is 1. The molecule has 1 saturated heterocycles. The Morgan fingerprint density at radius 3 is 2.81 bits per heavy atom. The molecule has 1 fully saturated rings. The van der Waals surface area contributed by atoms with Crippen LogP contribution < -0.4 is 10.6 Å². The van der Waals surface area contributed by atoms with Crippen molar-refractivity contribution in [3.05, 3.63) is 23.2 Å². The van der Waals surface area contributed by atoms with Crippen molar-refractivity contribution in [2.75, 3.05) is 19.6 Å². The summed E-state index contributed by atoms with van der Waals surface area (Å²) in [7, 11) is 0. The summed E-state index contributed by atoms with van der Waals surface area (Å²) in [5.74, 6) is 1.72. The predicted molar refractivity (Wildman–Crippen MR) is 90.9 cm³/mol. The van der Waals surface area contributed by atoms with E-state index in [0.29, 0.717) is 13.0 Å². The standard InChI is InChI=1S/C18H26F3N3O2/c1-11-6-13-14(7-17(2,3)8-15(13)26-11)23-16(25)22-12-4-5-24(9-12)10-18(19,20)21/h6,12,14H,4-5,7-10H2,1-3H3,(H2,22,23,25)/t12-,14+/m0/s1. The van der Waals surface area contributed by atoms with Gasteiger partial charge in [-0.3, -0.25) is 4.90 Å². The minimum atomic E-state index is -4.21. The van der Waals surface area contributed by atoms with Crippen molar-refractivity contribution in [1.29, 1.82) is 0 Å². The Kier molecular flexibility index (Phi) is 4.98. The van der Waals surface area contributed by atoms with Crippen LogP contribution in [0.4, 0.5) is 18.0 Å². The van der Waals surface area contributed by atoms with E-state index in [4.69, 9.17) is 4.42 Å². The summed E-state index contributed by atoms with van der Waals surface area (Å²) in [5, 5.41) is 5.80. The van der Waals surface area contributed by atoms with E-state index in [1.54, 1.807) is 0 Å². The van der Waals surface area contributed by atoms with E-state index in [1.807, 2.05) is 13.0 Å². The Hall–Kier alpha value is -1.70. The molecule has 1 aliphatic carbocycles. The number of amides is 2. The summed E-state index contributed by atoms with van der Waals surface area (Å²) in [5.41, 5.74) is 1.01. The summed E-state index contributed by atoms with van der Waals surface area (Å²) >= 11 is 0. The molecule has 3 rings (SSSR count). The van der Waals surface area contributed by atoms with Crippen molar-refractivity contribution in [2.24, 2.45) is 5.41 Å². The van der Waals surface area contributed by atoms with Gasteiger partial charge in [0.15, 0.2) is 0 Å². The number of urea groups is 1. The van der Waals surface area contributed by atoms with Gasteiger partial charge in [0.25, 0.3) is 0 Å². The summed E-state index contributed by atoms with van der Waals surface area (Å²) < 4.78 is 43.2. The van der Waals surface area contributed by atoms with Crippen molar-refractivity contribution in [1.82, 2.24) is 15.5 Å². The Morgan fingerprint density at radius 2 is 2.12 bits per heavy atom. The van der Waals surface area contributed by atoms with Gasteiger partial charge in [0.05, 0.1) is 12.6 Å². The fourth-order valence-electron chi connectivity index (χ4n) is 4.05. The molecule has 1 aliphatic heterocycles. The third-order valence-electron chi connectivity index (χ3n) is 5.05. The second-order valence-electron chi connectivity index (χ2n) is 8.29. The number of nitrogens with one attached hydrogen (secondary N) is 2. The third-order valence-corrected chi connectivity index (χ3v) is 5.05. The zero-order valence-electron chi connectivity index (χ0n) is 15.4. The molecule has 0 radical (unpaired) electrons. The SMILES string of the molecule is Cc1cc2c(o1)CC(C)(C)C[C@H]2NC(=O)N[C@H]1CCN(CC(F)(F)F)C1. The number of hydrogen-bond donors (Lipinski definition) is 2. The van der Waals surface area contributed by atoms with Gasteiger partial charge in [-0.15, -0.1) is 0 Å². The smallest absolute Gasteiger partial charge is 0.401 e. The van der Waals surface area contributed by atoms with Gasteiger partial charge in [-0.05, 0) is 31.2 Å². The van der Waals surface area contributed by atoms with Crippen LogP contribution in [0.3, 0.4) is 0 Å². The van der Waals surface area contributed by atoms with Crippen molar-refractivity contribution >= 4 is 6.03 Å². The van der Waals surface area contributed by atoms with Crippen LogP contribution in [0.15, 0.2) is 10.5 Å². The van der Waals surface area contributed by atoms with Crippen molar-refractivity contribution in [2.45, 2.75) is 58.3 Å². The average molecular weight is 373 g/mol. The molecule has 0 unspecified atom stereocenters. The van der Waals surface area contributed by atoms with Crippen molar-refractivity contribution in [3.63, 3.8) is 0 Å². The van der Waals surface area contributed by atoms with Crippen LogP contribution in [-0.2, 0) is 6.42 Å². The lowest BCUT2D eigenvalue weighted by molar-refractivity contribution is -0.143. The first-order chi connectivity index (χ1) is 12.0. The highest BCUT2D eigenvalue weighted by molar-refractivity contribution is 5.75. The molecular weight excluding hydrogens is 347 g/mol. The molecule has 0 aromatic carbocycles. The first kappa shape index (κ1) is 19.1. The van der Waals surface area contributed by atoms with E-state index in [1.165, 1.54) is 4.90 Å². The molecule has 8 heteroatoms. The van der Waals surface area contributed by atoms with Gasteiger partial charge in [-0.2, -0.15) is 13.2 Å². The topological polar surface area (TPSA) is 57.5 Å². The van der Waals surface area contributed by atoms with Crippen molar-refractivity contribution < 1.29 is 22.4 Å². The number of fused-ring (bicyclic) bond motifs is 1. The second kappa shape index (κ2) is 6.79. The normalized spacial score (nSPS) is 25.8. The summed E-state index contributed by atoms with van der Waals surface area (Å²) in [6.07, 6.45) is -2.07. The first-order valence-electron chi connectivity index (χ1n) is 8.96. The molecule has 26 heavy (non-hydrogen) atoms. The maximum Gasteiger partial charge on any atom is 0.401 e. The lowest BCUT2D eigenvalue weighted by Gasteiger charge is -2.34. The van der Waals surface area contributed by atoms with Gasteiger partial charge >= 0.3 is 12.2 Å². The molecule has 0 spiro atoms. The maximum atomic E-state index is 12.5. The van der Waals surface area contributed by atoms with Gasteiger partial charge in [-0.25, -0.2) is 4.79 Å². The lowest BCUT2D eigenvalue weighted by atomic mass is 9.75. The summed E-state index contributed by atoms with van der Waals surface area (Å²) in [6, 6.07) is 1.20. The number of halogens is 3. The highest BCUT2D eigenvalue weighted by Gasteiger charge is 2.37. The maximum absolute atomic E-state index is 12.5. The van der Waals surface area contributed by atoms with Gasteiger partial charge in [-0.1, -0.05) is 13.8 Å². The fraction of sp³-hybridized carbons (Fsp3) is 0.722. The fourth-order valence-corrected chi connectivity index (χ4v) is 4.05. The molecule has 5 nitrogen and oxygen atoms in total. The van der Waals surface area contributed by atoms with Crippen LogP contribution in [0.2, 0.25) is 0 Å². The minimum Gasteiger partial charge on any atom is -0.466 e. The number of hydrogen-bond acceptors (Lipinski definition) is 3. The zero-order valence-corrected chi connectivity index (χ0v) is 15.4. The highest BCUT2D eigenvalue weighted by Crippen LogP contribution is 2.41. The van der Waals surface area contributed by atoms with E-state index in [-0.39, 0.29) is 30.1 Å². The van der Waals surface area contributed by atoms with E-state index in [0.717, 1.165) is 29.9 Å². The zero-order chi connectivity index (χ0) is 19.1. The highest BCUT2D eigenvalue weighted by atomic mass is 19.4. The van der Waals surface area contributed by atoms with Gasteiger partial charge in [0.1, 0.15) is 11.5 Å². The van der Waals surface area contributed by atoms with Crippen molar-refractivity contribution in [3.8, 4) is 0 Å². The number of carbonyl (C=O) groups is 1. The van der Waals surface area contributed by atoms with E-state index < -0.39 is 12.7 Å². The van der Waals surface area contributed by atoms with E-state index >= 15 is 0 Å². The molecule has 2 N–H and O–H groups in total. The molecule has 1 aromatic rings. The van der Waals surface area contributed by atoms with E-state index in [9.17, 15) is 18.0 Å². The largest absolute Gasteiger partial charge is 0.466 e. The minimum absolute atomic E-state index is 0.00606. The number of likely N-dealkylation sites (tertiary alicyclic amines) is 1. The van der Waals surface area contributed by atoms with Gasteiger partial charge in [0, 0.05) is 31.1 Å². The van der Waals surface area contributed by atoms with Crippen LogP contribution in [-0.4, -0.2) is 42.8 Å². The average Bonchev–Trinajstić information content (AvgIpc) is 3.01. The van der Waals surface area contributed by atoms with Gasteiger partial charge < -0.3 is 15.1 Å². The van der Waals surface area contributed by atoms with Crippen LogP contribution >= 0.6 is 0 Å². The van der Waals surface area contributed by atoms with Crippen LogP contribution in [0.25, 0.3) is 0 Å². The quantitative estimate of drug-likeness (QED) is 0.852. The molecule has 1 aromatic heterocycles. The monoisotopic (exact) mass is 373 g/mol. The molecule has 146 valence electrons. The summed E-state index contributed by atoms with van der Waals surface area (Å²) in [4.78, 5) is 13.7. The first-order valence-corrected chi connectivity index (χ1v) is 8.96. The van der Waals surface area contributed by atoms with Crippen LogP contribution in [0.1, 0.15) is 49.8 Å². The predicted octanol–water partition coefficient (Wildman–Crippen LogP) is 3.54. The number of nitrogens with zero attached hydrogens (tertiary/aromatic N) is 1. The molecule has 2 atom stereocenters. The Morgan fingerprint density at radius 1 is 1.38 bits per heavy atom. The Balaban J connectivity index is 1.57. The molecule has 2 amide bonds. The second-order valence-corrected chi connectivity index (χ2v) is 8.29. The Bertz CT molecular complexity index is 669. The third kappa shape index (κ3) is 4.72. The number of carbonyl (C=O) groups excluding carboxylic acids is 1. The number of rotatable bonds is 3. The Labute approximate surface area is 151 Å². The molecule has 0 bridgehead atoms. The summed E-state index contributed by atoms with van der Waals surface area (Å²) in [6.45, 7) is 5.78. The molecule has 0 saturated carbocycles. The van der Waals surface area contributed by atoms with Crippen LogP contribution in [0, 0.1) is 12.3 Å². The molecule has 2 heterocycles. The lowest BCUT2D eigenvalue weighted by Crippen LogP contribution is -2.46. The molecular formula is C18H26F3N3O2. The number of alkyl halides is 3. The number of aryl methyl sites for hydroxylation is 1.